The van der Waals surface area contributed by atoms with E-state index in [0.717, 1.165) is 16.8 Å². The average Bonchev–Trinajstić information content (AvgIpc) is 2.63. The molecule has 0 saturated carbocycles. The topological polar surface area (TPSA) is 61.8 Å². The molecule has 0 heterocycles. The van der Waals surface area contributed by atoms with E-state index in [-0.39, 0.29) is 11.7 Å². The third kappa shape index (κ3) is 5.77. The van der Waals surface area contributed by atoms with Crippen LogP contribution >= 0.6 is 0 Å². The molecule has 2 aromatic carbocycles. The Labute approximate surface area is 152 Å². The van der Waals surface area contributed by atoms with Crippen LogP contribution in [0, 0.1) is 0 Å². The van der Waals surface area contributed by atoms with Crippen molar-refractivity contribution in [3.63, 3.8) is 0 Å². The fraction of sp³-hybridized carbons (Fsp3) is 0.238. The molecule has 0 aliphatic rings. The van der Waals surface area contributed by atoms with E-state index in [1.807, 2.05) is 24.3 Å². The first-order valence-electron chi connectivity index (χ1n) is 8.33. The fourth-order valence-electron chi connectivity index (χ4n) is 2.29. The van der Waals surface area contributed by atoms with Crippen molar-refractivity contribution in [3.05, 3.63) is 67.1 Å². The Kier molecular flexibility index (Phi) is 6.97. The number of carbonyl (C=O) groups excluding carboxylic acids is 2. The predicted molar refractivity (Wildman–Crippen MR) is 100 cm³/mol. The lowest BCUT2D eigenvalue weighted by Gasteiger charge is -2.11. The van der Waals surface area contributed by atoms with Crippen molar-refractivity contribution in [3.8, 4) is 5.75 Å². The molecule has 2 aromatic rings. The summed E-state index contributed by atoms with van der Waals surface area (Å²) in [6.07, 6.45) is 2.52. The van der Waals surface area contributed by atoms with Gasteiger partial charge in [0.2, 0.25) is 0 Å². The average molecular weight is 354 g/mol. The standard InChI is InChI=1S/C21H22O5/c1-4-21(23)25-12-6-5-11-24-16(3)26-20-10-9-18-13-17(15(2)22)7-8-19(18)14-20/h4,7-10,13-14H,1,3,5-6,11-12H2,2H3. The highest BCUT2D eigenvalue weighted by Gasteiger charge is 2.04. The largest absolute Gasteiger partial charge is 0.466 e. The van der Waals surface area contributed by atoms with Crippen molar-refractivity contribution in [2.75, 3.05) is 13.2 Å². The highest BCUT2D eigenvalue weighted by atomic mass is 16.7. The summed E-state index contributed by atoms with van der Waals surface area (Å²) in [5, 5.41) is 1.93. The van der Waals surface area contributed by atoms with Gasteiger partial charge in [0.25, 0.3) is 5.95 Å². The van der Waals surface area contributed by atoms with Crippen LogP contribution < -0.4 is 4.74 Å². The number of esters is 1. The second-order valence-corrected chi connectivity index (χ2v) is 5.68. The Bertz CT molecular complexity index is 822. The SMILES string of the molecule is C=CC(=O)OCCCCOC(=C)Oc1ccc2cc(C(C)=O)ccc2c1. The van der Waals surface area contributed by atoms with Gasteiger partial charge in [-0.15, -0.1) is 0 Å². The first-order chi connectivity index (χ1) is 12.5. The maximum Gasteiger partial charge on any atom is 0.330 e. The minimum atomic E-state index is -0.426. The third-order valence-corrected chi connectivity index (χ3v) is 3.66. The molecule has 0 spiro atoms. The Balaban J connectivity index is 1.79. The lowest BCUT2D eigenvalue weighted by atomic mass is 10.0. The molecule has 0 aromatic heterocycles. The quantitative estimate of drug-likeness (QED) is 0.208. The molecule has 2 rings (SSSR count). The van der Waals surface area contributed by atoms with Crippen LogP contribution in [0.4, 0.5) is 0 Å². The second-order valence-electron chi connectivity index (χ2n) is 5.68. The van der Waals surface area contributed by atoms with E-state index < -0.39 is 5.97 Å². The van der Waals surface area contributed by atoms with Gasteiger partial charge in [0.05, 0.1) is 13.2 Å². The summed E-state index contributed by atoms with van der Waals surface area (Å²) in [6, 6.07) is 11.1. The predicted octanol–water partition coefficient (Wildman–Crippen LogP) is 4.42. The van der Waals surface area contributed by atoms with Crippen LogP contribution in [-0.2, 0) is 14.3 Å². The Hall–Kier alpha value is -3.08. The number of Topliss-reactive ketones (excluding diaryl/α,β-unsaturated/α-hetero) is 1. The zero-order valence-electron chi connectivity index (χ0n) is 14.8. The molecule has 0 bridgehead atoms. The number of fused-ring (bicyclic) bond motifs is 1. The van der Waals surface area contributed by atoms with E-state index in [0.29, 0.717) is 37.4 Å². The molecule has 0 radical (unpaired) electrons. The van der Waals surface area contributed by atoms with Crippen molar-refractivity contribution in [1.29, 1.82) is 0 Å². The maximum absolute atomic E-state index is 11.4. The summed E-state index contributed by atoms with van der Waals surface area (Å²) in [4.78, 5) is 22.3. The molecule has 0 fully saturated rings. The van der Waals surface area contributed by atoms with Crippen molar-refractivity contribution >= 4 is 22.5 Å². The zero-order chi connectivity index (χ0) is 18.9. The first-order valence-corrected chi connectivity index (χ1v) is 8.33. The Morgan fingerprint density at radius 1 is 1.00 bits per heavy atom. The number of carbonyl (C=O) groups is 2. The van der Waals surface area contributed by atoms with Crippen molar-refractivity contribution in [1.82, 2.24) is 0 Å². The highest BCUT2D eigenvalue weighted by molar-refractivity contribution is 5.98. The van der Waals surface area contributed by atoms with Gasteiger partial charge in [-0.2, -0.15) is 0 Å². The van der Waals surface area contributed by atoms with Gasteiger partial charge in [-0.1, -0.05) is 24.8 Å². The van der Waals surface area contributed by atoms with E-state index in [1.165, 1.54) is 0 Å². The van der Waals surface area contributed by atoms with Gasteiger partial charge in [-0.05, 0) is 55.3 Å². The molecule has 0 atom stereocenters. The molecule has 0 N–H and O–H groups in total. The molecule has 26 heavy (non-hydrogen) atoms. The van der Waals surface area contributed by atoms with Crippen LogP contribution in [0.25, 0.3) is 10.8 Å². The Morgan fingerprint density at radius 2 is 1.65 bits per heavy atom. The van der Waals surface area contributed by atoms with E-state index >= 15 is 0 Å². The zero-order valence-corrected chi connectivity index (χ0v) is 14.8. The highest BCUT2D eigenvalue weighted by Crippen LogP contribution is 2.23. The molecule has 5 heteroatoms. The van der Waals surface area contributed by atoms with Gasteiger partial charge < -0.3 is 14.2 Å². The monoisotopic (exact) mass is 354 g/mol. The minimum Gasteiger partial charge on any atom is -0.466 e. The second kappa shape index (κ2) is 9.42. The molecule has 5 nitrogen and oxygen atoms in total. The summed E-state index contributed by atoms with van der Waals surface area (Å²) < 4.78 is 15.9. The summed E-state index contributed by atoms with van der Waals surface area (Å²) in [5.74, 6) is 0.421. The van der Waals surface area contributed by atoms with Crippen LogP contribution in [-0.4, -0.2) is 25.0 Å². The lowest BCUT2D eigenvalue weighted by Crippen LogP contribution is -2.05. The fourth-order valence-corrected chi connectivity index (χ4v) is 2.29. The van der Waals surface area contributed by atoms with Crippen LogP contribution in [0.15, 0.2) is 61.6 Å². The summed E-state index contributed by atoms with van der Waals surface area (Å²) in [7, 11) is 0. The first kappa shape index (κ1) is 19.2. The van der Waals surface area contributed by atoms with Crippen LogP contribution in [0.5, 0.6) is 5.75 Å². The smallest absolute Gasteiger partial charge is 0.330 e. The molecular formula is C21H22O5. The van der Waals surface area contributed by atoms with E-state index in [1.54, 1.807) is 19.1 Å². The van der Waals surface area contributed by atoms with Gasteiger partial charge in [-0.3, -0.25) is 4.79 Å². The molecule has 0 saturated heterocycles. The number of benzene rings is 2. The van der Waals surface area contributed by atoms with Gasteiger partial charge >= 0.3 is 5.97 Å². The number of hydrogen-bond donors (Lipinski definition) is 0. The molecule has 136 valence electrons. The number of hydrogen-bond acceptors (Lipinski definition) is 5. The lowest BCUT2D eigenvalue weighted by molar-refractivity contribution is -0.137. The molecule has 0 amide bonds. The normalized spacial score (nSPS) is 10.2. The van der Waals surface area contributed by atoms with Crippen LogP contribution in [0.1, 0.15) is 30.1 Å². The van der Waals surface area contributed by atoms with E-state index in [2.05, 4.69) is 13.2 Å². The summed E-state index contributed by atoms with van der Waals surface area (Å²) >= 11 is 0. The van der Waals surface area contributed by atoms with Gasteiger partial charge in [0, 0.05) is 11.6 Å². The maximum atomic E-state index is 11.4. The summed E-state index contributed by atoms with van der Waals surface area (Å²) in [5.41, 5.74) is 0.678. The van der Waals surface area contributed by atoms with Crippen molar-refractivity contribution in [2.24, 2.45) is 0 Å². The van der Waals surface area contributed by atoms with E-state index in [9.17, 15) is 9.59 Å². The molecule has 0 aliphatic heterocycles. The van der Waals surface area contributed by atoms with Crippen molar-refractivity contribution < 1.29 is 23.8 Å². The van der Waals surface area contributed by atoms with E-state index in [4.69, 9.17) is 14.2 Å². The molecule has 0 unspecified atom stereocenters. The Morgan fingerprint density at radius 3 is 2.35 bits per heavy atom. The van der Waals surface area contributed by atoms with Crippen LogP contribution in [0.3, 0.4) is 0 Å². The van der Waals surface area contributed by atoms with Gasteiger partial charge in [-0.25, -0.2) is 4.79 Å². The number of ketones is 1. The van der Waals surface area contributed by atoms with Crippen LogP contribution in [0.2, 0.25) is 0 Å². The number of rotatable bonds is 10. The van der Waals surface area contributed by atoms with Gasteiger partial charge in [0.15, 0.2) is 5.78 Å². The summed E-state index contributed by atoms with van der Waals surface area (Å²) in [6.45, 7) is 9.36. The minimum absolute atomic E-state index is 0.0354. The third-order valence-electron chi connectivity index (χ3n) is 3.66. The van der Waals surface area contributed by atoms with Gasteiger partial charge in [0.1, 0.15) is 5.75 Å². The molecular weight excluding hydrogens is 332 g/mol. The molecule has 0 aliphatic carbocycles. The van der Waals surface area contributed by atoms with Crippen molar-refractivity contribution in [2.45, 2.75) is 19.8 Å². The number of ether oxygens (including phenoxy) is 3. The number of unbranched alkanes of at least 4 members (excludes halogenated alkanes) is 1.